The fraction of sp³-hybridized carbons (Fsp3) is 0. The molecule has 0 aliphatic carbocycles. The van der Waals surface area contributed by atoms with Crippen LogP contribution in [0.1, 0.15) is 0 Å². The summed E-state index contributed by atoms with van der Waals surface area (Å²) in [5, 5.41) is 4.87. The number of para-hydroxylation sites is 2. The lowest BCUT2D eigenvalue weighted by Gasteiger charge is -2.18. The molecule has 4 heterocycles. The SMILES string of the molecule is c1ccc(-c2nc(-c3ccccc3)nc(-c3cc(-c4c(-c5ccccc5)cccc4-c4ccccc4)cnc3-c3ccc4sc5c(ccc6c7ccccc7n(-c7ccccc7)c65)c4c3)n2)cc1. The van der Waals surface area contributed by atoms with Crippen molar-refractivity contribution in [1.29, 1.82) is 0 Å². The van der Waals surface area contributed by atoms with Crippen LogP contribution in [0.15, 0.2) is 237 Å². The van der Waals surface area contributed by atoms with Gasteiger partial charge in [0.05, 0.1) is 21.4 Å². The van der Waals surface area contributed by atoms with Gasteiger partial charge in [-0.1, -0.05) is 194 Å². The van der Waals surface area contributed by atoms with E-state index in [1.807, 2.05) is 53.9 Å². The van der Waals surface area contributed by atoms with Crippen molar-refractivity contribution in [3.05, 3.63) is 237 Å². The summed E-state index contributed by atoms with van der Waals surface area (Å²) in [6.45, 7) is 0. The maximum atomic E-state index is 5.48. The first-order chi connectivity index (χ1) is 33.7. The van der Waals surface area contributed by atoms with Crippen molar-refractivity contribution in [3.63, 3.8) is 0 Å². The van der Waals surface area contributed by atoms with Crippen LogP contribution < -0.4 is 0 Å². The third-order valence-electron chi connectivity index (χ3n) is 12.9. The lowest BCUT2D eigenvalue weighted by atomic mass is 9.87. The summed E-state index contributed by atoms with van der Waals surface area (Å²) in [5.74, 6) is 1.74. The number of thiophene rings is 1. The standard InChI is InChI=1S/C62H39N5S/c1-6-19-40(20-7-1)47-30-18-31-48(41-21-8-2-9-22-41)56(47)45-38-53(62-65-60(42-23-10-3-11-24-42)64-61(66-62)43-25-12-4-13-26-43)57(63-39-45)44-33-36-55-52(37-44)51-35-34-50-49-29-16-17-32-54(49)67(58(50)59(51)68-55)46-27-14-5-15-28-46/h1-39H. The van der Waals surface area contributed by atoms with E-state index < -0.39 is 0 Å². The van der Waals surface area contributed by atoms with Crippen LogP contribution in [0.4, 0.5) is 0 Å². The van der Waals surface area contributed by atoms with Gasteiger partial charge in [-0.25, -0.2) is 15.0 Å². The molecule has 9 aromatic carbocycles. The Morgan fingerprint density at radius 3 is 1.53 bits per heavy atom. The molecule has 68 heavy (non-hydrogen) atoms. The highest BCUT2D eigenvalue weighted by Crippen LogP contribution is 2.46. The summed E-state index contributed by atoms with van der Waals surface area (Å²) in [6, 6.07) is 81.1. The fourth-order valence-corrected chi connectivity index (χ4v) is 11.0. The zero-order chi connectivity index (χ0) is 45.0. The minimum atomic E-state index is 0.546. The molecule has 0 atom stereocenters. The minimum Gasteiger partial charge on any atom is -0.308 e. The molecule has 13 aromatic rings. The first-order valence-corrected chi connectivity index (χ1v) is 23.6. The molecule has 5 nitrogen and oxygen atoms in total. The van der Waals surface area contributed by atoms with Gasteiger partial charge in [-0.05, 0) is 64.2 Å². The number of hydrogen-bond acceptors (Lipinski definition) is 5. The molecule has 318 valence electrons. The second kappa shape index (κ2) is 16.5. The van der Waals surface area contributed by atoms with Crippen molar-refractivity contribution < 1.29 is 0 Å². The lowest BCUT2D eigenvalue weighted by molar-refractivity contribution is 1.07. The lowest BCUT2D eigenvalue weighted by Crippen LogP contribution is -2.02. The van der Waals surface area contributed by atoms with Crippen molar-refractivity contribution in [2.24, 2.45) is 0 Å². The molecule has 0 unspecified atom stereocenters. The molecule has 0 amide bonds. The summed E-state index contributed by atoms with van der Waals surface area (Å²) in [4.78, 5) is 21.2. The second-order valence-corrected chi connectivity index (χ2v) is 18.0. The summed E-state index contributed by atoms with van der Waals surface area (Å²) < 4.78 is 4.89. The Morgan fingerprint density at radius 2 is 0.897 bits per heavy atom. The predicted molar refractivity (Wildman–Crippen MR) is 283 cm³/mol. The zero-order valence-corrected chi connectivity index (χ0v) is 37.5. The summed E-state index contributed by atoms with van der Waals surface area (Å²) in [6.07, 6.45) is 2.03. The normalized spacial score (nSPS) is 11.5. The van der Waals surface area contributed by atoms with Gasteiger partial charge in [-0.2, -0.15) is 0 Å². The topological polar surface area (TPSA) is 56.5 Å². The number of aromatic nitrogens is 5. The number of pyridine rings is 1. The summed E-state index contributed by atoms with van der Waals surface area (Å²) in [5.41, 5.74) is 14.5. The number of benzene rings is 9. The van der Waals surface area contributed by atoms with Crippen molar-refractivity contribution in [2.45, 2.75) is 0 Å². The van der Waals surface area contributed by atoms with Crippen LogP contribution in [0.2, 0.25) is 0 Å². The monoisotopic (exact) mass is 885 g/mol. The van der Waals surface area contributed by atoms with Gasteiger partial charge in [0.1, 0.15) is 0 Å². The molecule has 0 aliphatic heterocycles. The number of nitrogens with zero attached hydrogens (tertiary/aromatic N) is 5. The first-order valence-electron chi connectivity index (χ1n) is 22.8. The van der Waals surface area contributed by atoms with Crippen LogP contribution in [-0.4, -0.2) is 24.5 Å². The molecule has 0 bridgehead atoms. The van der Waals surface area contributed by atoms with Crippen molar-refractivity contribution in [2.75, 3.05) is 0 Å². The molecular formula is C62H39N5S. The fourth-order valence-electron chi connectivity index (χ4n) is 9.79. The molecule has 4 aromatic heterocycles. The van der Waals surface area contributed by atoms with Crippen LogP contribution in [0.3, 0.4) is 0 Å². The third-order valence-corrected chi connectivity index (χ3v) is 14.1. The van der Waals surface area contributed by atoms with E-state index >= 15 is 0 Å². The Kier molecular flexibility index (Phi) is 9.62. The van der Waals surface area contributed by atoms with Gasteiger partial charge >= 0.3 is 0 Å². The van der Waals surface area contributed by atoms with E-state index in [1.54, 1.807) is 0 Å². The zero-order valence-electron chi connectivity index (χ0n) is 36.7. The maximum Gasteiger partial charge on any atom is 0.166 e. The Hall–Kier alpha value is -8.84. The molecule has 13 rings (SSSR count). The predicted octanol–water partition coefficient (Wildman–Crippen LogP) is 16.4. The minimum absolute atomic E-state index is 0.546. The summed E-state index contributed by atoms with van der Waals surface area (Å²) in [7, 11) is 0. The highest BCUT2D eigenvalue weighted by atomic mass is 32.1. The summed E-state index contributed by atoms with van der Waals surface area (Å²) >= 11 is 1.84. The first kappa shape index (κ1) is 39.5. The molecule has 0 saturated heterocycles. The smallest absolute Gasteiger partial charge is 0.166 e. The molecule has 0 spiro atoms. The number of hydrogen-bond donors (Lipinski definition) is 0. The highest BCUT2D eigenvalue weighted by Gasteiger charge is 2.23. The van der Waals surface area contributed by atoms with Crippen molar-refractivity contribution in [3.8, 4) is 84.5 Å². The van der Waals surface area contributed by atoms with Crippen LogP contribution in [0.25, 0.3) is 126 Å². The number of rotatable bonds is 8. The van der Waals surface area contributed by atoms with Gasteiger partial charge < -0.3 is 4.57 Å². The molecule has 6 heteroatoms. The molecule has 0 radical (unpaired) electrons. The highest BCUT2D eigenvalue weighted by molar-refractivity contribution is 7.26. The maximum absolute atomic E-state index is 5.48. The van der Waals surface area contributed by atoms with Crippen molar-refractivity contribution >= 4 is 53.3 Å². The quantitative estimate of drug-likeness (QED) is 0.153. The second-order valence-electron chi connectivity index (χ2n) is 17.0. The van der Waals surface area contributed by atoms with E-state index in [0.29, 0.717) is 17.5 Å². The molecule has 0 N–H and O–H groups in total. The van der Waals surface area contributed by atoms with Gasteiger partial charge in [0, 0.05) is 65.9 Å². The van der Waals surface area contributed by atoms with Crippen LogP contribution in [0.5, 0.6) is 0 Å². The number of fused-ring (bicyclic) bond motifs is 7. The van der Waals surface area contributed by atoms with Gasteiger partial charge in [-0.15, -0.1) is 11.3 Å². The average Bonchev–Trinajstić information content (AvgIpc) is 3.97. The molecular weight excluding hydrogens is 847 g/mol. The molecule has 0 saturated carbocycles. The van der Waals surface area contributed by atoms with Gasteiger partial charge in [0.15, 0.2) is 17.5 Å². The van der Waals surface area contributed by atoms with Gasteiger partial charge in [-0.3, -0.25) is 4.98 Å². The van der Waals surface area contributed by atoms with Crippen LogP contribution in [-0.2, 0) is 0 Å². The van der Waals surface area contributed by atoms with Crippen molar-refractivity contribution in [1.82, 2.24) is 24.5 Å². The van der Waals surface area contributed by atoms with E-state index in [1.165, 1.54) is 42.0 Å². The van der Waals surface area contributed by atoms with E-state index in [-0.39, 0.29) is 0 Å². The Bertz CT molecular complexity index is 3880. The largest absolute Gasteiger partial charge is 0.308 e. The average molecular weight is 886 g/mol. The van der Waals surface area contributed by atoms with Gasteiger partial charge in [0.25, 0.3) is 0 Å². The molecule has 0 aliphatic rings. The van der Waals surface area contributed by atoms with E-state index in [9.17, 15) is 0 Å². The van der Waals surface area contributed by atoms with Gasteiger partial charge in [0.2, 0.25) is 0 Å². The Labute approximate surface area is 397 Å². The van der Waals surface area contributed by atoms with E-state index in [0.717, 1.165) is 67.0 Å². The van der Waals surface area contributed by atoms with E-state index in [4.69, 9.17) is 19.9 Å². The third kappa shape index (κ3) is 6.77. The Balaban J connectivity index is 1.08. The molecule has 0 fully saturated rings. The van der Waals surface area contributed by atoms with E-state index in [2.05, 4.69) is 199 Å². The van der Waals surface area contributed by atoms with Crippen LogP contribution >= 0.6 is 11.3 Å². The Morgan fingerprint density at radius 1 is 0.353 bits per heavy atom. The van der Waals surface area contributed by atoms with Crippen LogP contribution in [0, 0.1) is 0 Å².